The van der Waals surface area contributed by atoms with Crippen molar-refractivity contribution in [1.29, 1.82) is 0 Å². The van der Waals surface area contributed by atoms with Gasteiger partial charge in [0.05, 0.1) is 6.20 Å². The Morgan fingerprint density at radius 3 is 2.70 bits per heavy atom. The van der Waals surface area contributed by atoms with Gasteiger partial charge in [-0.3, -0.25) is 4.68 Å². The molecular formula is C16H22ClN3. The van der Waals surface area contributed by atoms with Gasteiger partial charge in [-0.15, -0.1) is 0 Å². The summed E-state index contributed by atoms with van der Waals surface area (Å²) in [5.74, 6) is 0. The van der Waals surface area contributed by atoms with Gasteiger partial charge < -0.3 is 5.32 Å². The third kappa shape index (κ3) is 3.41. The minimum Gasteiger partial charge on any atom is -0.310 e. The first kappa shape index (κ1) is 15.1. The van der Waals surface area contributed by atoms with E-state index < -0.39 is 0 Å². The molecule has 0 aliphatic heterocycles. The van der Waals surface area contributed by atoms with Crippen molar-refractivity contribution in [3.8, 4) is 0 Å². The molecule has 0 saturated carbocycles. The average molecular weight is 292 g/mol. The molecule has 1 unspecified atom stereocenters. The molecule has 1 aromatic carbocycles. The average Bonchev–Trinajstić information content (AvgIpc) is 2.77. The van der Waals surface area contributed by atoms with Gasteiger partial charge in [-0.1, -0.05) is 36.7 Å². The van der Waals surface area contributed by atoms with Gasteiger partial charge in [0.25, 0.3) is 0 Å². The fourth-order valence-corrected chi connectivity index (χ4v) is 2.57. The minimum absolute atomic E-state index is 0.253. The van der Waals surface area contributed by atoms with Gasteiger partial charge in [0.15, 0.2) is 0 Å². The van der Waals surface area contributed by atoms with Gasteiger partial charge in [-0.25, -0.2) is 0 Å². The first-order valence-corrected chi connectivity index (χ1v) is 7.46. The lowest BCUT2D eigenvalue weighted by molar-refractivity contribution is 0.526. The SMILES string of the molecule is CCCNC(Cc1ccccc1Cl)c1cnn(C)c1C. The maximum absolute atomic E-state index is 6.29. The maximum Gasteiger partial charge on any atom is 0.0540 e. The molecule has 1 heterocycles. The fraction of sp³-hybridized carbons (Fsp3) is 0.438. The van der Waals surface area contributed by atoms with Crippen LogP contribution in [0.25, 0.3) is 0 Å². The monoisotopic (exact) mass is 291 g/mol. The number of halogens is 1. The van der Waals surface area contributed by atoms with Crippen molar-refractivity contribution in [2.24, 2.45) is 7.05 Å². The number of aromatic nitrogens is 2. The number of nitrogens with zero attached hydrogens (tertiary/aromatic N) is 2. The van der Waals surface area contributed by atoms with Gasteiger partial charge >= 0.3 is 0 Å². The molecule has 2 aromatic rings. The van der Waals surface area contributed by atoms with Crippen molar-refractivity contribution < 1.29 is 0 Å². The van der Waals surface area contributed by atoms with Crippen molar-refractivity contribution in [2.75, 3.05) is 6.54 Å². The Morgan fingerprint density at radius 2 is 2.10 bits per heavy atom. The van der Waals surface area contributed by atoms with Crippen molar-refractivity contribution >= 4 is 11.6 Å². The van der Waals surface area contributed by atoms with E-state index in [9.17, 15) is 0 Å². The molecule has 3 nitrogen and oxygen atoms in total. The van der Waals surface area contributed by atoms with Crippen molar-refractivity contribution in [3.63, 3.8) is 0 Å². The Labute approximate surface area is 126 Å². The van der Waals surface area contributed by atoms with Crippen LogP contribution in [0.4, 0.5) is 0 Å². The summed E-state index contributed by atoms with van der Waals surface area (Å²) in [6.45, 7) is 5.27. The van der Waals surface area contributed by atoms with E-state index in [1.165, 1.54) is 16.8 Å². The topological polar surface area (TPSA) is 29.9 Å². The normalized spacial score (nSPS) is 12.6. The minimum atomic E-state index is 0.253. The molecule has 0 saturated heterocycles. The zero-order valence-corrected chi connectivity index (χ0v) is 13.1. The Balaban J connectivity index is 2.24. The van der Waals surface area contributed by atoms with Gasteiger partial charge in [0, 0.05) is 29.4 Å². The lowest BCUT2D eigenvalue weighted by atomic mass is 9.99. The van der Waals surface area contributed by atoms with Crippen LogP contribution in [0.3, 0.4) is 0 Å². The number of benzene rings is 1. The summed E-state index contributed by atoms with van der Waals surface area (Å²) >= 11 is 6.29. The molecule has 0 fully saturated rings. The van der Waals surface area contributed by atoms with E-state index in [1.807, 2.05) is 36.1 Å². The summed E-state index contributed by atoms with van der Waals surface area (Å²) in [5.41, 5.74) is 3.62. The van der Waals surface area contributed by atoms with Crippen LogP contribution >= 0.6 is 11.6 Å². The molecule has 2 rings (SSSR count). The molecule has 20 heavy (non-hydrogen) atoms. The van der Waals surface area contributed by atoms with Gasteiger partial charge in [-0.05, 0) is 37.9 Å². The molecule has 0 aliphatic carbocycles. The lowest BCUT2D eigenvalue weighted by Crippen LogP contribution is -2.24. The number of hydrogen-bond acceptors (Lipinski definition) is 2. The van der Waals surface area contributed by atoms with E-state index in [4.69, 9.17) is 11.6 Å². The Hall–Kier alpha value is -1.32. The van der Waals surface area contributed by atoms with Crippen molar-refractivity contribution in [2.45, 2.75) is 32.7 Å². The number of rotatable bonds is 6. The number of hydrogen-bond donors (Lipinski definition) is 1. The molecular weight excluding hydrogens is 270 g/mol. The second-order valence-corrected chi connectivity index (χ2v) is 5.52. The molecule has 4 heteroatoms. The molecule has 1 N–H and O–H groups in total. The van der Waals surface area contributed by atoms with Crippen LogP contribution in [0.5, 0.6) is 0 Å². The number of nitrogens with one attached hydrogen (secondary N) is 1. The predicted octanol–water partition coefficient (Wildman–Crippen LogP) is 3.67. The molecule has 0 radical (unpaired) electrons. The first-order valence-electron chi connectivity index (χ1n) is 7.08. The smallest absolute Gasteiger partial charge is 0.0540 e. The third-order valence-electron chi connectivity index (χ3n) is 3.67. The zero-order valence-electron chi connectivity index (χ0n) is 12.4. The molecule has 0 amide bonds. The van der Waals surface area contributed by atoms with E-state index >= 15 is 0 Å². The fourth-order valence-electron chi connectivity index (χ4n) is 2.35. The standard InChI is InChI=1S/C16H22ClN3/c1-4-9-18-16(14-11-19-20(3)12(14)2)10-13-7-5-6-8-15(13)17/h5-8,11,16,18H,4,9-10H2,1-3H3. The van der Waals surface area contributed by atoms with Crippen LogP contribution < -0.4 is 5.32 Å². The highest BCUT2D eigenvalue weighted by molar-refractivity contribution is 6.31. The lowest BCUT2D eigenvalue weighted by Gasteiger charge is -2.19. The highest BCUT2D eigenvalue weighted by Gasteiger charge is 2.17. The Kier molecular flexibility index (Phi) is 5.21. The van der Waals surface area contributed by atoms with Crippen LogP contribution in [0.1, 0.15) is 36.2 Å². The largest absolute Gasteiger partial charge is 0.310 e. The predicted molar refractivity (Wildman–Crippen MR) is 84.1 cm³/mol. The molecule has 1 aromatic heterocycles. The third-order valence-corrected chi connectivity index (χ3v) is 4.04. The van der Waals surface area contributed by atoms with Gasteiger partial charge in [-0.2, -0.15) is 5.10 Å². The second-order valence-electron chi connectivity index (χ2n) is 5.11. The van der Waals surface area contributed by atoms with Crippen LogP contribution in [-0.4, -0.2) is 16.3 Å². The van der Waals surface area contributed by atoms with Crippen LogP contribution in [-0.2, 0) is 13.5 Å². The van der Waals surface area contributed by atoms with Crippen molar-refractivity contribution in [1.82, 2.24) is 15.1 Å². The Morgan fingerprint density at radius 1 is 1.35 bits per heavy atom. The summed E-state index contributed by atoms with van der Waals surface area (Å²) in [6.07, 6.45) is 3.95. The van der Waals surface area contributed by atoms with E-state index in [0.717, 1.165) is 24.4 Å². The van der Waals surface area contributed by atoms with Crippen molar-refractivity contribution in [3.05, 3.63) is 52.3 Å². The summed E-state index contributed by atoms with van der Waals surface area (Å²) in [4.78, 5) is 0. The van der Waals surface area contributed by atoms with E-state index in [-0.39, 0.29) is 6.04 Å². The highest BCUT2D eigenvalue weighted by Crippen LogP contribution is 2.25. The molecule has 0 spiro atoms. The van der Waals surface area contributed by atoms with Gasteiger partial charge in [0.2, 0.25) is 0 Å². The first-order chi connectivity index (χ1) is 9.63. The maximum atomic E-state index is 6.29. The van der Waals surface area contributed by atoms with Gasteiger partial charge in [0.1, 0.15) is 0 Å². The quantitative estimate of drug-likeness (QED) is 0.880. The van der Waals surface area contributed by atoms with Crippen LogP contribution in [0, 0.1) is 6.92 Å². The molecule has 1 atom stereocenters. The van der Waals surface area contributed by atoms with E-state index in [2.05, 4.69) is 30.3 Å². The molecule has 0 aliphatic rings. The van der Waals surface area contributed by atoms with Crippen LogP contribution in [0.15, 0.2) is 30.5 Å². The molecule has 108 valence electrons. The number of aryl methyl sites for hydroxylation is 1. The summed E-state index contributed by atoms with van der Waals surface area (Å²) in [5, 5.41) is 8.79. The van der Waals surface area contributed by atoms with Crippen LogP contribution in [0.2, 0.25) is 5.02 Å². The summed E-state index contributed by atoms with van der Waals surface area (Å²) < 4.78 is 1.92. The zero-order chi connectivity index (χ0) is 14.5. The second kappa shape index (κ2) is 6.91. The molecule has 0 bridgehead atoms. The van der Waals surface area contributed by atoms with E-state index in [0.29, 0.717) is 0 Å². The highest BCUT2D eigenvalue weighted by atomic mass is 35.5. The summed E-state index contributed by atoms with van der Waals surface area (Å²) in [7, 11) is 1.98. The Bertz CT molecular complexity index is 563. The summed E-state index contributed by atoms with van der Waals surface area (Å²) in [6, 6.07) is 8.30. The van der Waals surface area contributed by atoms with E-state index in [1.54, 1.807) is 0 Å².